The number of nitrogens with two attached hydrogens (primary N) is 1. The summed E-state index contributed by atoms with van der Waals surface area (Å²) in [6.45, 7) is 1.60. The van der Waals surface area contributed by atoms with Gasteiger partial charge in [-0.1, -0.05) is 18.2 Å². The SMILES string of the molecule is COC(CN)C(=O)N1CCC(Oc2ccccc2)CC1. The molecule has 5 nitrogen and oxygen atoms in total. The number of methoxy groups -OCH3 is 1. The second kappa shape index (κ2) is 7.26. The molecule has 0 spiro atoms. The van der Waals surface area contributed by atoms with Crippen LogP contribution in [-0.4, -0.2) is 49.8 Å². The average molecular weight is 278 g/mol. The lowest BCUT2D eigenvalue weighted by atomic mass is 10.1. The van der Waals surface area contributed by atoms with Crippen molar-refractivity contribution in [3.8, 4) is 5.75 Å². The van der Waals surface area contributed by atoms with Crippen LogP contribution in [0.5, 0.6) is 5.75 Å². The van der Waals surface area contributed by atoms with Crippen LogP contribution in [0.3, 0.4) is 0 Å². The maximum Gasteiger partial charge on any atom is 0.253 e. The largest absolute Gasteiger partial charge is 0.490 e. The van der Waals surface area contributed by atoms with Crippen LogP contribution in [0.25, 0.3) is 0 Å². The molecule has 20 heavy (non-hydrogen) atoms. The van der Waals surface area contributed by atoms with Crippen molar-refractivity contribution in [3.63, 3.8) is 0 Å². The molecule has 2 rings (SSSR count). The number of carbonyl (C=O) groups is 1. The summed E-state index contributed by atoms with van der Waals surface area (Å²) >= 11 is 0. The van der Waals surface area contributed by atoms with Crippen LogP contribution in [0.2, 0.25) is 0 Å². The summed E-state index contributed by atoms with van der Waals surface area (Å²) in [5.41, 5.74) is 5.52. The maximum atomic E-state index is 12.1. The number of rotatable bonds is 5. The second-order valence-electron chi connectivity index (χ2n) is 4.92. The number of ether oxygens (including phenoxy) is 2. The number of carbonyl (C=O) groups excluding carboxylic acids is 1. The topological polar surface area (TPSA) is 64.8 Å². The molecule has 1 atom stereocenters. The molecular weight excluding hydrogens is 256 g/mol. The average Bonchev–Trinajstić information content (AvgIpc) is 2.50. The maximum absolute atomic E-state index is 12.1. The molecule has 1 aromatic rings. The van der Waals surface area contributed by atoms with Crippen molar-refractivity contribution in [2.75, 3.05) is 26.7 Å². The number of benzene rings is 1. The first-order valence-corrected chi connectivity index (χ1v) is 6.98. The molecule has 1 amide bonds. The van der Waals surface area contributed by atoms with Crippen molar-refractivity contribution in [3.05, 3.63) is 30.3 Å². The van der Waals surface area contributed by atoms with E-state index in [0.29, 0.717) is 13.1 Å². The van der Waals surface area contributed by atoms with Gasteiger partial charge in [0.2, 0.25) is 0 Å². The Morgan fingerprint density at radius 3 is 2.55 bits per heavy atom. The van der Waals surface area contributed by atoms with Crippen LogP contribution in [-0.2, 0) is 9.53 Å². The fourth-order valence-electron chi connectivity index (χ4n) is 2.39. The van der Waals surface area contributed by atoms with E-state index in [1.54, 1.807) is 0 Å². The zero-order chi connectivity index (χ0) is 14.4. The standard InChI is InChI=1S/C15H22N2O3/c1-19-14(11-16)15(18)17-9-7-13(8-10-17)20-12-5-3-2-4-6-12/h2-6,13-14H,7-11,16H2,1H3. The quantitative estimate of drug-likeness (QED) is 0.873. The van der Waals surface area contributed by atoms with Gasteiger partial charge < -0.3 is 20.1 Å². The second-order valence-corrected chi connectivity index (χ2v) is 4.92. The van der Waals surface area contributed by atoms with Gasteiger partial charge in [-0.25, -0.2) is 0 Å². The van der Waals surface area contributed by atoms with Gasteiger partial charge in [-0.2, -0.15) is 0 Å². The minimum Gasteiger partial charge on any atom is -0.490 e. The monoisotopic (exact) mass is 278 g/mol. The Hall–Kier alpha value is -1.59. The van der Waals surface area contributed by atoms with E-state index in [1.807, 2.05) is 35.2 Å². The highest BCUT2D eigenvalue weighted by Crippen LogP contribution is 2.19. The third-order valence-corrected chi connectivity index (χ3v) is 3.57. The van der Waals surface area contributed by atoms with E-state index >= 15 is 0 Å². The van der Waals surface area contributed by atoms with Crippen molar-refractivity contribution in [2.45, 2.75) is 25.0 Å². The highest BCUT2D eigenvalue weighted by molar-refractivity contribution is 5.81. The summed E-state index contributed by atoms with van der Waals surface area (Å²) in [6, 6.07) is 9.78. The van der Waals surface area contributed by atoms with Gasteiger partial charge in [0.05, 0.1) is 0 Å². The first kappa shape index (κ1) is 14.8. The molecular formula is C15H22N2O3. The smallest absolute Gasteiger partial charge is 0.253 e. The minimum absolute atomic E-state index is 0.0202. The van der Waals surface area contributed by atoms with Crippen LogP contribution in [0, 0.1) is 0 Å². The number of hydrogen-bond donors (Lipinski definition) is 1. The van der Waals surface area contributed by atoms with Crippen molar-refractivity contribution >= 4 is 5.91 Å². The Labute approximate surface area is 119 Å². The molecule has 5 heteroatoms. The molecule has 0 radical (unpaired) electrons. The van der Waals surface area contributed by atoms with Crippen LogP contribution in [0.15, 0.2) is 30.3 Å². The lowest BCUT2D eigenvalue weighted by Crippen LogP contribution is -2.48. The van der Waals surface area contributed by atoms with Gasteiger partial charge in [0.1, 0.15) is 18.0 Å². The van der Waals surface area contributed by atoms with Crippen LogP contribution < -0.4 is 10.5 Å². The molecule has 1 aliphatic rings. The van der Waals surface area contributed by atoms with E-state index in [-0.39, 0.29) is 18.6 Å². The normalized spacial score (nSPS) is 17.8. The van der Waals surface area contributed by atoms with Gasteiger partial charge in [0, 0.05) is 39.6 Å². The zero-order valence-corrected chi connectivity index (χ0v) is 11.8. The zero-order valence-electron chi connectivity index (χ0n) is 11.8. The van der Waals surface area contributed by atoms with Gasteiger partial charge in [-0.15, -0.1) is 0 Å². The molecule has 0 saturated carbocycles. The van der Waals surface area contributed by atoms with E-state index < -0.39 is 6.10 Å². The fourth-order valence-corrected chi connectivity index (χ4v) is 2.39. The Morgan fingerprint density at radius 1 is 1.35 bits per heavy atom. The van der Waals surface area contributed by atoms with Gasteiger partial charge in [-0.05, 0) is 12.1 Å². The van der Waals surface area contributed by atoms with E-state index in [2.05, 4.69) is 0 Å². The van der Waals surface area contributed by atoms with Gasteiger partial charge in [-0.3, -0.25) is 4.79 Å². The summed E-state index contributed by atoms with van der Waals surface area (Å²) in [7, 11) is 1.51. The predicted octanol–water partition coefficient (Wildman–Crippen LogP) is 1.03. The molecule has 110 valence electrons. The summed E-state index contributed by atoms with van der Waals surface area (Å²) in [4.78, 5) is 13.9. The van der Waals surface area contributed by atoms with Gasteiger partial charge in [0.25, 0.3) is 5.91 Å². The third-order valence-electron chi connectivity index (χ3n) is 3.57. The van der Waals surface area contributed by atoms with E-state index in [4.69, 9.17) is 15.2 Å². The summed E-state index contributed by atoms with van der Waals surface area (Å²) in [5.74, 6) is 0.863. The number of likely N-dealkylation sites (tertiary alicyclic amines) is 1. The van der Waals surface area contributed by atoms with Crippen molar-refractivity contribution in [1.29, 1.82) is 0 Å². The van der Waals surface area contributed by atoms with E-state index in [9.17, 15) is 4.79 Å². The van der Waals surface area contributed by atoms with E-state index in [0.717, 1.165) is 18.6 Å². The minimum atomic E-state index is -0.526. The Bertz CT molecular complexity index is 412. The van der Waals surface area contributed by atoms with Gasteiger partial charge in [0.15, 0.2) is 0 Å². The van der Waals surface area contributed by atoms with Gasteiger partial charge >= 0.3 is 0 Å². The molecule has 1 fully saturated rings. The highest BCUT2D eigenvalue weighted by Gasteiger charge is 2.28. The van der Waals surface area contributed by atoms with Crippen LogP contribution >= 0.6 is 0 Å². The molecule has 1 saturated heterocycles. The summed E-state index contributed by atoms with van der Waals surface area (Å²) in [5, 5.41) is 0. The Balaban J connectivity index is 1.82. The fraction of sp³-hybridized carbons (Fsp3) is 0.533. The van der Waals surface area contributed by atoms with E-state index in [1.165, 1.54) is 7.11 Å². The van der Waals surface area contributed by atoms with Crippen molar-refractivity contribution in [2.24, 2.45) is 5.73 Å². The molecule has 0 bridgehead atoms. The highest BCUT2D eigenvalue weighted by atomic mass is 16.5. The molecule has 2 N–H and O–H groups in total. The number of hydrogen-bond acceptors (Lipinski definition) is 4. The molecule has 0 aromatic heterocycles. The Morgan fingerprint density at radius 2 is 2.00 bits per heavy atom. The number of amides is 1. The molecule has 1 unspecified atom stereocenters. The first-order chi connectivity index (χ1) is 9.74. The molecule has 1 aliphatic heterocycles. The summed E-state index contributed by atoms with van der Waals surface area (Å²) in [6.07, 6.45) is 1.31. The van der Waals surface area contributed by atoms with Crippen molar-refractivity contribution < 1.29 is 14.3 Å². The summed E-state index contributed by atoms with van der Waals surface area (Å²) < 4.78 is 11.0. The van der Waals surface area contributed by atoms with Crippen molar-refractivity contribution in [1.82, 2.24) is 4.90 Å². The van der Waals surface area contributed by atoms with Crippen LogP contribution in [0.1, 0.15) is 12.8 Å². The van der Waals surface area contributed by atoms with Crippen LogP contribution in [0.4, 0.5) is 0 Å². The Kier molecular flexibility index (Phi) is 5.38. The first-order valence-electron chi connectivity index (χ1n) is 6.98. The third kappa shape index (κ3) is 3.71. The lowest BCUT2D eigenvalue weighted by molar-refractivity contribution is -0.143. The molecule has 0 aliphatic carbocycles. The lowest BCUT2D eigenvalue weighted by Gasteiger charge is -2.33. The number of piperidine rings is 1. The number of nitrogens with zero attached hydrogens (tertiary/aromatic N) is 1. The molecule has 1 heterocycles. The number of para-hydroxylation sites is 1. The molecule has 1 aromatic carbocycles. The predicted molar refractivity (Wildman–Crippen MR) is 76.5 cm³/mol.